The number of carbonyl (C=O) groups is 3. The summed E-state index contributed by atoms with van der Waals surface area (Å²) < 4.78 is 16.7. The highest BCUT2D eigenvalue weighted by molar-refractivity contribution is 5.71. The van der Waals surface area contributed by atoms with Crippen molar-refractivity contribution in [2.75, 3.05) is 13.2 Å². The van der Waals surface area contributed by atoms with E-state index in [-0.39, 0.29) is 44.0 Å². The van der Waals surface area contributed by atoms with E-state index in [2.05, 4.69) is 87.6 Å². The highest BCUT2D eigenvalue weighted by atomic mass is 16.6. The van der Waals surface area contributed by atoms with Gasteiger partial charge in [0.2, 0.25) is 0 Å². The smallest absolute Gasteiger partial charge is 0.306 e. The van der Waals surface area contributed by atoms with Gasteiger partial charge < -0.3 is 14.2 Å². The van der Waals surface area contributed by atoms with E-state index in [1.54, 1.807) is 0 Å². The molecule has 0 aromatic heterocycles. The van der Waals surface area contributed by atoms with Gasteiger partial charge in [-0.3, -0.25) is 14.4 Å². The normalized spacial score (nSPS) is 13.3. The second kappa shape index (κ2) is 52.9. The highest BCUT2D eigenvalue weighted by Gasteiger charge is 2.19. The number of ether oxygens (including phenoxy) is 3. The maximum absolute atomic E-state index is 12.8. The van der Waals surface area contributed by atoms with Crippen molar-refractivity contribution in [1.29, 1.82) is 0 Å². The van der Waals surface area contributed by atoms with Gasteiger partial charge in [-0.15, -0.1) is 0 Å². The molecule has 0 aliphatic carbocycles. The molecule has 0 saturated heterocycles. The molecule has 0 aliphatic heterocycles. The van der Waals surface area contributed by atoms with Crippen molar-refractivity contribution < 1.29 is 28.6 Å². The fraction of sp³-hybridized carbons (Fsp3) is 0.550. The maximum atomic E-state index is 12.8. The second-order valence-electron chi connectivity index (χ2n) is 16.6. The Kier molecular flexibility index (Phi) is 49.1. The lowest BCUT2D eigenvalue weighted by molar-refractivity contribution is -0.167. The Morgan fingerprint density at radius 1 is 0.318 bits per heavy atom. The lowest BCUT2D eigenvalue weighted by Gasteiger charge is -2.18. The van der Waals surface area contributed by atoms with Crippen molar-refractivity contribution in [3.05, 3.63) is 146 Å². The zero-order valence-corrected chi connectivity index (χ0v) is 41.9. The molecule has 1 unspecified atom stereocenters. The number of rotatable bonds is 44. The largest absolute Gasteiger partial charge is 0.462 e. The summed E-state index contributed by atoms with van der Waals surface area (Å²) in [6, 6.07) is 0. The van der Waals surface area contributed by atoms with Crippen LogP contribution in [0.3, 0.4) is 0 Å². The van der Waals surface area contributed by atoms with Crippen molar-refractivity contribution in [2.24, 2.45) is 0 Å². The van der Waals surface area contributed by atoms with Crippen LogP contribution in [0.25, 0.3) is 0 Å². The number of carbonyl (C=O) groups excluding carboxylic acids is 3. The molecule has 0 fully saturated rings. The third-order valence-electron chi connectivity index (χ3n) is 10.3. The van der Waals surface area contributed by atoms with E-state index in [1.165, 1.54) is 44.9 Å². The minimum atomic E-state index is -0.826. The Morgan fingerprint density at radius 2 is 0.591 bits per heavy atom. The summed E-state index contributed by atoms with van der Waals surface area (Å²) in [6.45, 7) is 6.25. The Balaban J connectivity index is 4.59. The minimum absolute atomic E-state index is 0.121. The van der Waals surface area contributed by atoms with Crippen LogP contribution in [0.1, 0.15) is 194 Å². The Bertz CT molecular complexity index is 1510. The van der Waals surface area contributed by atoms with Crippen molar-refractivity contribution in [3.8, 4) is 0 Å². The summed E-state index contributed by atoms with van der Waals surface area (Å²) in [6.07, 6.45) is 75.4. The highest BCUT2D eigenvalue weighted by Crippen LogP contribution is 2.12. The van der Waals surface area contributed by atoms with Gasteiger partial charge in [-0.25, -0.2) is 0 Å². The molecule has 0 N–H and O–H groups in total. The van der Waals surface area contributed by atoms with E-state index >= 15 is 0 Å². The maximum Gasteiger partial charge on any atom is 0.306 e. The number of hydrogen-bond donors (Lipinski definition) is 0. The molecular weight excluding hydrogens is 817 g/mol. The molecule has 0 aliphatic rings. The minimum Gasteiger partial charge on any atom is -0.462 e. The Labute approximate surface area is 404 Å². The van der Waals surface area contributed by atoms with Gasteiger partial charge >= 0.3 is 17.9 Å². The van der Waals surface area contributed by atoms with Gasteiger partial charge in [-0.1, -0.05) is 237 Å². The predicted octanol–water partition coefficient (Wildman–Crippen LogP) is 17.3. The van der Waals surface area contributed by atoms with Gasteiger partial charge in [-0.05, 0) is 83.5 Å². The van der Waals surface area contributed by atoms with Crippen LogP contribution in [-0.2, 0) is 28.6 Å². The first kappa shape index (κ1) is 61.3. The summed E-state index contributed by atoms with van der Waals surface area (Å²) in [5, 5.41) is 0. The molecule has 0 aromatic rings. The zero-order valence-electron chi connectivity index (χ0n) is 41.9. The van der Waals surface area contributed by atoms with Crippen molar-refractivity contribution in [2.45, 2.75) is 200 Å². The van der Waals surface area contributed by atoms with Crippen LogP contribution in [0.15, 0.2) is 146 Å². The van der Waals surface area contributed by atoms with Crippen molar-refractivity contribution >= 4 is 17.9 Å². The third kappa shape index (κ3) is 50.3. The van der Waals surface area contributed by atoms with E-state index in [0.717, 1.165) is 96.3 Å². The first-order valence-electron chi connectivity index (χ1n) is 26.0. The number of esters is 3. The van der Waals surface area contributed by atoms with Crippen LogP contribution in [-0.4, -0.2) is 37.2 Å². The third-order valence-corrected chi connectivity index (χ3v) is 10.3. The lowest BCUT2D eigenvalue weighted by Crippen LogP contribution is -2.30. The molecule has 6 heteroatoms. The summed E-state index contributed by atoms with van der Waals surface area (Å²) in [4.78, 5) is 38.0. The fourth-order valence-electron chi connectivity index (χ4n) is 6.47. The second-order valence-corrected chi connectivity index (χ2v) is 16.6. The summed E-state index contributed by atoms with van der Waals surface area (Å²) in [7, 11) is 0. The monoisotopic (exact) mass is 909 g/mol. The lowest BCUT2D eigenvalue weighted by atomic mass is 10.1. The topological polar surface area (TPSA) is 78.9 Å². The zero-order chi connectivity index (χ0) is 47.9. The van der Waals surface area contributed by atoms with E-state index in [0.29, 0.717) is 19.3 Å². The molecule has 0 amide bonds. The van der Waals surface area contributed by atoms with Gasteiger partial charge in [0, 0.05) is 19.3 Å². The van der Waals surface area contributed by atoms with Crippen LogP contribution in [0.2, 0.25) is 0 Å². The van der Waals surface area contributed by atoms with Gasteiger partial charge in [0.25, 0.3) is 0 Å². The summed E-state index contributed by atoms with van der Waals surface area (Å²) in [5.74, 6) is -1.02. The van der Waals surface area contributed by atoms with Gasteiger partial charge in [0.15, 0.2) is 6.10 Å². The van der Waals surface area contributed by atoms with E-state index < -0.39 is 6.10 Å². The average molecular weight is 909 g/mol. The molecule has 0 bridgehead atoms. The molecule has 0 spiro atoms. The summed E-state index contributed by atoms with van der Waals surface area (Å²) >= 11 is 0. The first-order chi connectivity index (χ1) is 32.5. The van der Waals surface area contributed by atoms with Gasteiger partial charge in [-0.2, -0.15) is 0 Å². The fourth-order valence-corrected chi connectivity index (χ4v) is 6.47. The molecule has 0 aromatic carbocycles. The molecular formula is C60H92O6. The van der Waals surface area contributed by atoms with Crippen LogP contribution in [0.4, 0.5) is 0 Å². The number of allylic oxidation sites excluding steroid dienone is 24. The molecule has 6 nitrogen and oxygen atoms in total. The van der Waals surface area contributed by atoms with Crippen molar-refractivity contribution in [3.63, 3.8) is 0 Å². The molecule has 0 saturated carbocycles. The molecule has 368 valence electrons. The van der Waals surface area contributed by atoms with Crippen molar-refractivity contribution in [1.82, 2.24) is 0 Å². The summed E-state index contributed by atoms with van der Waals surface area (Å²) in [5.41, 5.74) is 0. The molecule has 66 heavy (non-hydrogen) atoms. The van der Waals surface area contributed by atoms with E-state index in [9.17, 15) is 14.4 Å². The quantitative estimate of drug-likeness (QED) is 0.0262. The molecule has 0 heterocycles. The number of unbranched alkanes of at least 4 members (excludes halogenated alkanes) is 18. The number of hydrogen-bond acceptors (Lipinski definition) is 6. The van der Waals surface area contributed by atoms with Crippen LogP contribution in [0, 0.1) is 0 Å². The SMILES string of the molecule is CC\C=C/C=C\C=C/C=C\C=C\C=C/C=C\CCCCCC(=O)OCC(COC(=O)CCCCCCC\C=C/C=C\C=C/CC)OC(=O)CCCCC/C=C\C=C/CCCCCCCCC. The predicted molar refractivity (Wildman–Crippen MR) is 283 cm³/mol. The Morgan fingerprint density at radius 3 is 0.955 bits per heavy atom. The molecule has 0 rings (SSSR count). The van der Waals surface area contributed by atoms with Crippen LogP contribution < -0.4 is 0 Å². The average Bonchev–Trinajstić information content (AvgIpc) is 3.31. The van der Waals surface area contributed by atoms with Gasteiger partial charge in [0.1, 0.15) is 13.2 Å². The molecule has 1 atom stereocenters. The first-order valence-corrected chi connectivity index (χ1v) is 26.0. The Hall–Kier alpha value is -4.71. The van der Waals surface area contributed by atoms with E-state index in [1.807, 2.05) is 79.0 Å². The van der Waals surface area contributed by atoms with Crippen LogP contribution >= 0.6 is 0 Å². The van der Waals surface area contributed by atoms with Gasteiger partial charge in [0.05, 0.1) is 0 Å². The standard InChI is InChI=1S/C60H92O6/c1-4-7-10-13-16-19-22-25-27-29-30-31-33-35-38-41-44-47-50-53-59(62)65-56-57(55-64-58(61)52-49-46-43-40-37-34-24-21-18-15-12-9-6-3)66-60(63)54-51-48-45-42-39-36-32-28-26-23-20-17-14-11-8-5-2/h7,9-10,12-13,15-16,18-19,21-22,24-25,27-33,35-36,38-39,57H,4-6,8,11,14,17,20,23,26,34,37,40-56H2,1-3H3/b10-7-,12-9-,16-13-,18-15-,22-19-,24-21-,27-25-,30-29+,32-28-,33-31-,38-35-,39-36-. The van der Waals surface area contributed by atoms with Crippen LogP contribution in [0.5, 0.6) is 0 Å². The van der Waals surface area contributed by atoms with E-state index in [4.69, 9.17) is 14.2 Å². The molecule has 0 radical (unpaired) electrons.